The van der Waals surface area contributed by atoms with Gasteiger partial charge in [0.2, 0.25) is 5.91 Å². The second kappa shape index (κ2) is 13.8. The molecular weight excluding hydrogens is 407 g/mol. The van der Waals surface area contributed by atoms with Gasteiger partial charge in [0.05, 0.1) is 0 Å². The number of guanidine groups is 1. The number of aliphatic imine (C=N–C) groups is 1. The summed E-state index contributed by atoms with van der Waals surface area (Å²) in [7, 11) is 1.73. The first-order valence-corrected chi connectivity index (χ1v) is 8.08. The molecule has 3 N–H and O–H groups in total. The van der Waals surface area contributed by atoms with Gasteiger partial charge in [-0.3, -0.25) is 9.79 Å². The van der Waals surface area contributed by atoms with E-state index < -0.39 is 0 Å². The molecule has 0 bridgehead atoms. The van der Waals surface area contributed by atoms with Gasteiger partial charge in [0.15, 0.2) is 5.96 Å². The molecule has 23 heavy (non-hydrogen) atoms. The minimum absolute atomic E-state index is 0. The lowest BCUT2D eigenvalue weighted by molar-refractivity contribution is -0.128. The molecule has 0 atom stereocenters. The van der Waals surface area contributed by atoms with E-state index in [2.05, 4.69) is 34.8 Å². The van der Waals surface area contributed by atoms with Crippen molar-refractivity contribution in [2.45, 2.75) is 41.0 Å². The van der Waals surface area contributed by atoms with E-state index in [9.17, 15) is 4.79 Å². The highest BCUT2D eigenvalue weighted by Gasteiger charge is 2.20. The summed E-state index contributed by atoms with van der Waals surface area (Å²) in [5.74, 6) is 1.37. The van der Waals surface area contributed by atoms with Gasteiger partial charge in [0, 0.05) is 45.3 Å². The molecule has 1 amide bonds. The van der Waals surface area contributed by atoms with Crippen LogP contribution in [-0.2, 0) is 9.53 Å². The van der Waals surface area contributed by atoms with Crippen LogP contribution in [0.4, 0.5) is 0 Å². The molecule has 0 aliphatic rings. The number of hydrogen-bond donors (Lipinski definition) is 3. The molecule has 6 nitrogen and oxygen atoms in total. The number of amides is 1. The maximum absolute atomic E-state index is 11.7. The summed E-state index contributed by atoms with van der Waals surface area (Å²) >= 11 is 0. The molecule has 0 aliphatic heterocycles. The second-order valence-corrected chi connectivity index (χ2v) is 6.75. The smallest absolute Gasteiger partial charge is 0.225 e. The Morgan fingerprint density at radius 1 is 1.09 bits per heavy atom. The van der Waals surface area contributed by atoms with Gasteiger partial charge < -0.3 is 20.7 Å². The van der Waals surface area contributed by atoms with Crippen molar-refractivity contribution < 1.29 is 9.53 Å². The van der Waals surface area contributed by atoms with Crippen molar-refractivity contribution in [1.29, 1.82) is 0 Å². The number of ether oxygens (including phenoxy) is 1. The predicted molar refractivity (Wildman–Crippen MR) is 108 cm³/mol. The first-order chi connectivity index (χ1) is 10.3. The van der Waals surface area contributed by atoms with E-state index >= 15 is 0 Å². The zero-order chi connectivity index (χ0) is 17.0. The molecule has 0 saturated carbocycles. The summed E-state index contributed by atoms with van der Waals surface area (Å²) in [5, 5.41) is 9.28. The van der Waals surface area contributed by atoms with Crippen molar-refractivity contribution in [2.75, 3.05) is 39.9 Å². The maximum atomic E-state index is 11.7. The van der Waals surface area contributed by atoms with Crippen molar-refractivity contribution in [3.8, 4) is 0 Å². The molecule has 0 radical (unpaired) electrons. The van der Waals surface area contributed by atoms with Crippen LogP contribution in [0.15, 0.2) is 4.99 Å². The van der Waals surface area contributed by atoms with E-state index in [4.69, 9.17) is 4.74 Å². The Kier molecular flexibility index (Phi) is 14.8. The molecule has 0 saturated heterocycles. The number of carbonyl (C=O) groups is 1. The minimum Gasteiger partial charge on any atom is -0.381 e. The normalized spacial score (nSPS) is 11.9. The first kappa shape index (κ1) is 24.7. The fourth-order valence-corrected chi connectivity index (χ4v) is 1.54. The van der Waals surface area contributed by atoms with Crippen LogP contribution in [0, 0.1) is 11.3 Å². The highest BCUT2D eigenvalue weighted by atomic mass is 127. The Morgan fingerprint density at radius 2 is 1.65 bits per heavy atom. The number of rotatable bonds is 9. The molecule has 0 spiro atoms. The van der Waals surface area contributed by atoms with Crippen LogP contribution in [0.1, 0.15) is 41.0 Å². The van der Waals surface area contributed by atoms with Gasteiger partial charge in [-0.2, -0.15) is 0 Å². The summed E-state index contributed by atoms with van der Waals surface area (Å²) in [4.78, 5) is 15.8. The van der Waals surface area contributed by atoms with Crippen LogP contribution < -0.4 is 16.0 Å². The van der Waals surface area contributed by atoms with Crippen LogP contribution in [0.3, 0.4) is 0 Å². The van der Waals surface area contributed by atoms with Crippen LogP contribution in [-0.4, -0.2) is 51.8 Å². The Morgan fingerprint density at radius 3 is 2.17 bits per heavy atom. The zero-order valence-electron chi connectivity index (χ0n) is 15.5. The number of carbonyl (C=O) groups excluding carboxylic acids is 1. The van der Waals surface area contributed by atoms with E-state index in [1.165, 1.54) is 0 Å². The van der Waals surface area contributed by atoms with Gasteiger partial charge in [-0.1, -0.05) is 34.6 Å². The highest BCUT2D eigenvalue weighted by Crippen LogP contribution is 2.11. The first-order valence-electron chi connectivity index (χ1n) is 8.08. The number of nitrogens with zero attached hydrogens (tertiary/aromatic N) is 1. The van der Waals surface area contributed by atoms with E-state index in [-0.39, 0.29) is 35.3 Å². The van der Waals surface area contributed by atoms with Crippen molar-refractivity contribution >= 4 is 35.8 Å². The van der Waals surface area contributed by atoms with Crippen molar-refractivity contribution in [3.63, 3.8) is 0 Å². The summed E-state index contributed by atoms with van der Waals surface area (Å²) in [6.07, 6.45) is 0.939. The molecule has 138 valence electrons. The number of halogens is 1. The maximum Gasteiger partial charge on any atom is 0.225 e. The quantitative estimate of drug-likeness (QED) is 0.221. The Labute approximate surface area is 158 Å². The van der Waals surface area contributed by atoms with Crippen LogP contribution in [0.2, 0.25) is 0 Å². The van der Waals surface area contributed by atoms with Crippen molar-refractivity contribution in [2.24, 2.45) is 16.3 Å². The molecule has 0 unspecified atom stereocenters. The average Bonchev–Trinajstić information content (AvgIpc) is 2.43. The van der Waals surface area contributed by atoms with E-state index in [1.54, 1.807) is 7.05 Å². The Bertz CT molecular complexity index is 341. The molecule has 0 fully saturated rings. The van der Waals surface area contributed by atoms with Crippen molar-refractivity contribution in [3.05, 3.63) is 0 Å². The summed E-state index contributed by atoms with van der Waals surface area (Å²) in [6, 6.07) is 0. The number of hydrogen-bond acceptors (Lipinski definition) is 3. The third-order valence-corrected chi connectivity index (χ3v) is 2.82. The zero-order valence-corrected chi connectivity index (χ0v) is 17.8. The Hall–Kier alpha value is -0.570. The SMILES string of the molecule is CN=C(NCCCOCC(C)C)NCCNC(=O)C(C)(C)C.I. The van der Waals surface area contributed by atoms with Crippen molar-refractivity contribution in [1.82, 2.24) is 16.0 Å². The van der Waals surface area contributed by atoms with Crippen LogP contribution >= 0.6 is 24.0 Å². The standard InChI is InChI=1S/C16H34N4O2.HI/c1-13(2)12-22-11-7-8-19-15(17-6)20-10-9-18-14(21)16(3,4)5;/h13H,7-12H2,1-6H3,(H,18,21)(H2,17,19,20);1H. The molecule has 0 aliphatic carbocycles. The minimum atomic E-state index is -0.351. The molecular formula is C16H35IN4O2. The van der Waals surface area contributed by atoms with Gasteiger partial charge in [-0.25, -0.2) is 0 Å². The summed E-state index contributed by atoms with van der Waals surface area (Å²) in [6.45, 7) is 13.6. The monoisotopic (exact) mass is 442 g/mol. The summed E-state index contributed by atoms with van der Waals surface area (Å²) < 4.78 is 5.52. The summed E-state index contributed by atoms with van der Waals surface area (Å²) in [5.41, 5.74) is -0.351. The molecule has 0 rings (SSSR count). The predicted octanol–water partition coefficient (Wildman–Crippen LogP) is 1.99. The second-order valence-electron chi connectivity index (χ2n) is 6.75. The molecule has 0 aromatic carbocycles. The largest absolute Gasteiger partial charge is 0.381 e. The van der Waals surface area contributed by atoms with Gasteiger partial charge in [-0.05, 0) is 12.3 Å². The van der Waals surface area contributed by atoms with Gasteiger partial charge in [0.1, 0.15) is 0 Å². The fourth-order valence-electron chi connectivity index (χ4n) is 1.54. The molecule has 0 aromatic rings. The molecule has 0 heterocycles. The highest BCUT2D eigenvalue weighted by molar-refractivity contribution is 14.0. The van der Waals surface area contributed by atoms with E-state index in [1.807, 2.05) is 20.8 Å². The van der Waals surface area contributed by atoms with Gasteiger partial charge in [-0.15, -0.1) is 24.0 Å². The lowest BCUT2D eigenvalue weighted by atomic mass is 9.96. The third kappa shape index (κ3) is 14.7. The van der Waals surface area contributed by atoms with Gasteiger partial charge >= 0.3 is 0 Å². The Balaban J connectivity index is 0. The van der Waals surface area contributed by atoms with Gasteiger partial charge in [0.25, 0.3) is 0 Å². The lowest BCUT2D eigenvalue weighted by Crippen LogP contribution is -2.43. The fraction of sp³-hybridized carbons (Fsp3) is 0.875. The van der Waals surface area contributed by atoms with Crippen LogP contribution in [0.5, 0.6) is 0 Å². The van der Waals surface area contributed by atoms with Crippen LogP contribution in [0.25, 0.3) is 0 Å². The number of nitrogens with one attached hydrogen (secondary N) is 3. The average molecular weight is 442 g/mol. The molecule has 7 heteroatoms. The lowest BCUT2D eigenvalue weighted by Gasteiger charge is -2.18. The topological polar surface area (TPSA) is 74.8 Å². The van der Waals surface area contributed by atoms with E-state index in [0.717, 1.165) is 32.1 Å². The third-order valence-electron chi connectivity index (χ3n) is 2.82. The molecule has 0 aromatic heterocycles. The van der Waals surface area contributed by atoms with E-state index in [0.29, 0.717) is 19.0 Å².